The second-order valence-electron chi connectivity index (χ2n) is 7.86. The topological polar surface area (TPSA) is 81.3 Å². The number of amides is 1. The Balaban J connectivity index is 1.65. The number of thioether (sulfide) groups is 1. The lowest BCUT2D eigenvalue weighted by molar-refractivity contribution is -0.121. The molecule has 1 amide bonds. The Hall–Kier alpha value is -3.39. The molecule has 0 aliphatic carbocycles. The smallest absolute Gasteiger partial charge is 0.263 e. The molecule has 2 heterocycles. The highest BCUT2D eigenvalue weighted by Gasteiger charge is 2.23. The van der Waals surface area contributed by atoms with Crippen LogP contribution in [-0.2, 0) is 11.3 Å². The van der Waals surface area contributed by atoms with Gasteiger partial charge in [0.15, 0.2) is 5.16 Å². The first-order chi connectivity index (χ1) is 16.0. The largest absolute Gasteiger partial charge is 0.348 e. The van der Waals surface area contributed by atoms with Gasteiger partial charge in [0, 0.05) is 6.54 Å². The van der Waals surface area contributed by atoms with Gasteiger partial charge in [-0.3, -0.25) is 18.6 Å². The van der Waals surface area contributed by atoms with Crippen LogP contribution in [0.1, 0.15) is 38.3 Å². The van der Waals surface area contributed by atoms with E-state index in [-0.39, 0.29) is 17.5 Å². The molecule has 7 nitrogen and oxygen atoms in total. The van der Waals surface area contributed by atoms with E-state index in [0.29, 0.717) is 28.4 Å². The number of hydrogen-bond donors (Lipinski definition) is 1. The molecule has 0 fully saturated rings. The molecule has 8 heteroatoms. The first-order valence-corrected chi connectivity index (χ1v) is 11.9. The van der Waals surface area contributed by atoms with Gasteiger partial charge in [-0.15, -0.1) is 16.8 Å². The van der Waals surface area contributed by atoms with E-state index < -0.39 is 5.25 Å². The van der Waals surface area contributed by atoms with Gasteiger partial charge in [0.05, 0.1) is 22.2 Å². The van der Waals surface area contributed by atoms with Gasteiger partial charge in [-0.1, -0.05) is 73.6 Å². The van der Waals surface area contributed by atoms with Gasteiger partial charge in [0.1, 0.15) is 0 Å². The normalized spacial score (nSPS) is 13.2. The lowest BCUT2D eigenvalue weighted by Gasteiger charge is -2.21. The predicted octanol–water partition coefficient (Wildman–Crippen LogP) is 4.37. The molecule has 0 bridgehead atoms. The van der Waals surface area contributed by atoms with E-state index in [1.165, 1.54) is 11.8 Å². The predicted molar refractivity (Wildman–Crippen MR) is 133 cm³/mol. The average Bonchev–Trinajstić information content (AvgIpc) is 3.25. The van der Waals surface area contributed by atoms with Crippen LogP contribution in [-0.4, -0.2) is 30.3 Å². The van der Waals surface area contributed by atoms with Gasteiger partial charge >= 0.3 is 0 Å². The van der Waals surface area contributed by atoms with Crippen molar-refractivity contribution in [3.63, 3.8) is 0 Å². The van der Waals surface area contributed by atoms with E-state index in [1.807, 2.05) is 59.9 Å². The number of allylic oxidation sites excluding steroid dienone is 1. The second kappa shape index (κ2) is 10.0. The van der Waals surface area contributed by atoms with Crippen molar-refractivity contribution >= 4 is 34.3 Å². The summed E-state index contributed by atoms with van der Waals surface area (Å²) in [5.74, 6) is 0.365. The van der Waals surface area contributed by atoms with E-state index in [0.717, 1.165) is 18.4 Å². The molecule has 0 aliphatic heterocycles. The van der Waals surface area contributed by atoms with Crippen LogP contribution in [0.5, 0.6) is 0 Å². The number of benzene rings is 2. The van der Waals surface area contributed by atoms with Gasteiger partial charge in [-0.25, -0.2) is 0 Å². The highest BCUT2D eigenvalue weighted by molar-refractivity contribution is 8.00. The van der Waals surface area contributed by atoms with E-state index in [9.17, 15) is 9.59 Å². The zero-order valence-electron chi connectivity index (χ0n) is 18.8. The van der Waals surface area contributed by atoms with Crippen LogP contribution < -0.4 is 10.9 Å². The van der Waals surface area contributed by atoms with Crippen molar-refractivity contribution in [1.29, 1.82) is 0 Å². The van der Waals surface area contributed by atoms with E-state index in [1.54, 1.807) is 16.7 Å². The number of nitrogens with one attached hydrogen (secondary N) is 1. The minimum Gasteiger partial charge on any atom is -0.348 e. The molecule has 2 atom stereocenters. The van der Waals surface area contributed by atoms with Crippen molar-refractivity contribution in [2.75, 3.05) is 0 Å². The lowest BCUT2D eigenvalue weighted by Crippen LogP contribution is -2.34. The number of hydrogen-bond acceptors (Lipinski definition) is 5. The third-order valence-corrected chi connectivity index (χ3v) is 6.58. The van der Waals surface area contributed by atoms with Crippen LogP contribution in [0.4, 0.5) is 0 Å². The molecule has 1 N–H and O–H groups in total. The Morgan fingerprint density at radius 2 is 1.88 bits per heavy atom. The SMILES string of the molecule is C=CCn1c(=O)c2ccccc2n2c(SC(C)C(=O)NC(CCC)c3ccccc3)nnc12. The standard InChI is InChI=1S/C25H27N5O2S/c1-4-11-20(18-12-7-6-8-13-18)26-22(31)17(3)33-25-28-27-24-29(16-5-2)23(32)19-14-9-10-15-21(19)30(24)25/h5-10,12-15,17,20H,2,4,11,16H2,1,3H3,(H,26,31). The lowest BCUT2D eigenvalue weighted by atomic mass is 10.0. The number of rotatable bonds is 9. The maximum absolute atomic E-state index is 13.1. The van der Waals surface area contributed by atoms with Crippen LogP contribution >= 0.6 is 11.8 Å². The molecule has 0 aliphatic rings. The Labute approximate surface area is 196 Å². The molecule has 0 saturated heterocycles. The molecule has 0 spiro atoms. The van der Waals surface area contributed by atoms with Gasteiger partial charge in [-0.05, 0) is 31.0 Å². The Bertz CT molecular complexity index is 1350. The third kappa shape index (κ3) is 4.57. The molecule has 0 saturated carbocycles. The van der Waals surface area contributed by atoms with Crippen LogP contribution in [0.2, 0.25) is 0 Å². The monoisotopic (exact) mass is 461 g/mol. The van der Waals surface area contributed by atoms with E-state index in [2.05, 4.69) is 29.0 Å². The van der Waals surface area contributed by atoms with Gasteiger partial charge in [-0.2, -0.15) is 0 Å². The van der Waals surface area contributed by atoms with Crippen molar-refractivity contribution in [2.24, 2.45) is 0 Å². The summed E-state index contributed by atoms with van der Waals surface area (Å²) in [5, 5.41) is 12.5. The molecule has 4 rings (SSSR count). The molecule has 2 aromatic carbocycles. The van der Waals surface area contributed by atoms with Crippen LogP contribution in [0.25, 0.3) is 16.7 Å². The van der Waals surface area contributed by atoms with Gasteiger partial charge < -0.3 is 5.32 Å². The Morgan fingerprint density at radius 3 is 2.61 bits per heavy atom. The van der Waals surface area contributed by atoms with E-state index in [4.69, 9.17) is 0 Å². The first kappa shape index (κ1) is 22.8. The number of nitrogens with zero attached hydrogens (tertiary/aromatic N) is 4. The highest BCUT2D eigenvalue weighted by atomic mass is 32.2. The van der Waals surface area contributed by atoms with Crippen molar-refractivity contribution in [1.82, 2.24) is 24.5 Å². The maximum atomic E-state index is 13.1. The molecule has 2 unspecified atom stereocenters. The first-order valence-electron chi connectivity index (χ1n) is 11.0. The summed E-state index contributed by atoms with van der Waals surface area (Å²) in [6.07, 6.45) is 3.48. The minimum atomic E-state index is -0.404. The number of carbonyl (C=O) groups is 1. The fourth-order valence-corrected chi connectivity index (χ4v) is 4.77. The molecule has 33 heavy (non-hydrogen) atoms. The summed E-state index contributed by atoms with van der Waals surface area (Å²) in [6, 6.07) is 17.3. The van der Waals surface area contributed by atoms with Crippen LogP contribution in [0.15, 0.2) is 77.2 Å². The zero-order chi connectivity index (χ0) is 23.4. The van der Waals surface area contributed by atoms with Gasteiger partial charge in [0.2, 0.25) is 11.7 Å². The molecule has 0 radical (unpaired) electrons. The second-order valence-corrected chi connectivity index (χ2v) is 9.17. The highest BCUT2D eigenvalue weighted by Crippen LogP contribution is 2.26. The van der Waals surface area contributed by atoms with Gasteiger partial charge in [0.25, 0.3) is 5.56 Å². The van der Waals surface area contributed by atoms with Crippen molar-refractivity contribution < 1.29 is 4.79 Å². The quantitative estimate of drug-likeness (QED) is 0.296. The Kier molecular flexibility index (Phi) is 6.93. The fourth-order valence-electron chi connectivity index (χ4n) is 3.90. The minimum absolute atomic E-state index is 0.0412. The average molecular weight is 462 g/mol. The summed E-state index contributed by atoms with van der Waals surface area (Å²) in [4.78, 5) is 26.0. The maximum Gasteiger partial charge on any atom is 0.263 e. The summed E-state index contributed by atoms with van der Waals surface area (Å²) in [7, 11) is 0. The molecule has 2 aromatic heterocycles. The fraction of sp³-hybridized carbons (Fsp3) is 0.280. The summed E-state index contributed by atoms with van der Waals surface area (Å²) >= 11 is 1.33. The summed E-state index contributed by atoms with van der Waals surface area (Å²) in [6.45, 7) is 8.04. The summed E-state index contributed by atoms with van der Waals surface area (Å²) < 4.78 is 3.39. The van der Waals surface area contributed by atoms with Crippen molar-refractivity contribution in [2.45, 2.75) is 49.7 Å². The zero-order valence-corrected chi connectivity index (χ0v) is 19.6. The number of carbonyl (C=O) groups excluding carboxylic acids is 1. The summed E-state index contributed by atoms with van der Waals surface area (Å²) in [5.41, 5.74) is 1.67. The van der Waals surface area contributed by atoms with Crippen LogP contribution in [0.3, 0.4) is 0 Å². The number of para-hydroxylation sites is 1. The van der Waals surface area contributed by atoms with E-state index >= 15 is 0 Å². The molecule has 4 aromatic rings. The Morgan fingerprint density at radius 1 is 1.15 bits per heavy atom. The number of fused-ring (bicyclic) bond motifs is 3. The van der Waals surface area contributed by atoms with Crippen molar-refractivity contribution in [3.8, 4) is 0 Å². The molecular weight excluding hydrogens is 434 g/mol. The molecule has 170 valence electrons. The van der Waals surface area contributed by atoms with Crippen LogP contribution in [0, 0.1) is 0 Å². The third-order valence-electron chi connectivity index (χ3n) is 5.54. The molecular formula is C25H27N5O2S. The number of aromatic nitrogens is 4. The van der Waals surface area contributed by atoms with Crippen molar-refractivity contribution in [3.05, 3.63) is 83.2 Å².